The third kappa shape index (κ3) is 5.06. The van der Waals surface area contributed by atoms with Crippen LogP contribution in [-0.4, -0.2) is 5.78 Å². The first-order valence-electron chi connectivity index (χ1n) is 8.69. The van der Waals surface area contributed by atoms with Crippen LogP contribution < -0.4 is 0 Å². The lowest BCUT2D eigenvalue weighted by Crippen LogP contribution is -2.06. The van der Waals surface area contributed by atoms with E-state index in [4.69, 9.17) is 0 Å². The summed E-state index contributed by atoms with van der Waals surface area (Å²) >= 11 is 0. The van der Waals surface area contributed by atoms with Crippen molar-refractivity contribution in [1.82, 2.24) is 0 Å². The van der Waals surface area contributed by atoms with Crippen molar-refractivity contribution in [3.8, 4) is 11.8 Å². The molecule has 0 amide bonds. The summed E-state index contributed by atoms with van der Waals surface area (Å²) in [6.07, 6.45) is 4.30. The Kier molecular flexibility index (Phi) is 6.18. The van der Waals surface area contributed by atoms with Gasteiger partial charge in [-0.25, -0.2) is 0 Å². The molecule has 1 nitrogen and oxygen atoms in total. The van der Waals surface area contributed by atoms with Gasteiger partial charge in [0.2, 0.25) is 0 Å². The Labute approximate surface area is 155 Å². The molecule has 0 aliphatic carbocycles. The number of benzene rings is 3. The fourth-order valence-corrected chi connectivity index (χ4v) is 2.75. The molecule has 3 aromatic rings. The Morgan fingerprint density at radius 1 is 0.808 bits per heavy atom. The summed E-state index contributed by atoms with van der Waals surface area (Å²) in [6.45, 7) is 0. The quantitative estimate of drug-likeness (QED) is 0.434. The molecule has 3 aromatic carbocycles. The van der Waals surface area contributed by atoms with Gasteiger partial charge in [0.05, 0.1) is 0 Å². The van der Waals surface area contributed by atoms with Crippen LogP contribution >= 0.6 is 0 Å². The lowest BCUT2D eigenvalue weighted by Gasteiger charge is -2.12. The van der Waals surface area contributed by atoms with E-state index in [9.17, 15) is 4.79 Å². The maximum atomic E-state index is 12.6. The van der Waals surface area contributed by atoms with Gasteiger partial charge in [0.15, 0.2) is 5.78 Å². The summed E-state index contributed by atoms with van der Waals surface area (Å²) in [6, 6.07) is 29.4. The maximum Gasteiger partial charge on any atom is 0.163 e. The molecule has 3 rings (SSSR count). The zero-order chi connectivity index (χ0) is 18.0. The number of carbonyl (C=O) groups excluding carboxylic acids is 1. The van der Waals surface area contributed by atoms with Crippen LogP contribution in [0.4, 0.5) is 0 Å². The number of carbonyl (C=O) groups is 1. The summed E-state index contributed by atoms with van der Waals surface area (Å²) in [4.78, 5) is 12.6. The Balaban J connectivity index is 1.77. The highest BCUT2D eigenvalue weighted by Crippen LogP contribution is 2.23. The molecule has 1 heteroatoms. The summed E-state index contributed by atoms with van der Waals surface area (Å²) in [5.74, 6) is 6.34. The first kappa shape index (κ1) is 17.5. The predicted molar refractivity (Wildman–Crippen MR) is 107 cm³/mol. The molecular weight excluding hydrogens is 316 g/mol. The van der Waals surface area contributed by atoms with Gasteiger partial charge in [-0.05, 0) is 23.8 Å². The van der Waals surface area contributed by atoms with Crippen molar-refractivity contribution in [2.45, 2.75) is 12.3 Å². The van der Waals surface area contributed by atoms with Gasteiger partial charge in [0.1, 0.15) is 0 Å². The number of allylic oxidation sites excluding steroid dienone is 2. The van der Waals surface area contributed by atoms with Crippen LogP contribution in [0.2, 0.25) is 0 Å². The molecule has 0 radical (unpaired) electrons. The number of hydrogen-bond donors (Lipinski definition) is 0. The van der Waals surface area contributed by atoms with Crippen LogP contribution in [0.5, 0.6) is 0 Å². The molecule has 0 aliphatic rings. The molecule has 126 valence electrons. The number of rotatable bonds is 5. The standard InChI is InChI=1S/C25H20O/c26-25(23-17-8-3-9-18-23)20-24(22-15-6-2-7-16-22)19-11-10-14-21-12-4-1-5-13-21/h1-9,11-13,15-19,24H,20H2/b19-11+. The maximum absolute atomic E-state index is 12.6. The molecule has 0 aromatic heterocycles. The number of Topliss-reactive ketones (excluding diaryl/α,β-unsaturated/α-hetero) is 1. The van der Waals surface area contributed by atoms with Crippen LogP contribution in [0.25, 0.3) is 0 Å². The smallest absolute Gasteiger partial charge is 0.163 e. The molecule has 0 bridgehead atoms. The van der Waals surface area contributed by atoms with Gasteiger partial charge in [-0.3, -0.25) is 4.79 Å². The van der Waals surface area contributed by atoms with Gasteiger partial charge in [-0.1, -0.05) is 96.8 Å². The Morgan fingerprint density at radius 3 is 2.04 bits per heavy atom. The molecule has 0 heterocycles. The van der Waals surface area contributed by atoms with Gasteiger partial charge in [-0.15, -0.1) is 0 Å². The van der Waals surface area contributed by atoms with E-state index >= 15 is 0 Å². The molecular formula is C25H20O. The van der Waals surface area contributed by atoms with Crippen LogP contribution in [0, 0.1) is 11.8 Å². The van der Waals surface area contributed by atoms with E-state index in [0.29, 0.717) is 6.42 Å². The minimum Gasteiger partial charge on any atom is -0.294 e. The van der Waals surface area contributed by atoms with E-state index in [2.05, 4.69) is 24.0 Å². The average molecular weight is 336 g/mol. The van der Waals surface area contributed by atoms with Crippen molar-refractivity contribution in [3.63, 3.8) is 0 Å². The molecule has 26 heavy (non-hydrogen) atoms. The van der Waals surface area contributed by atoms with Crippen molar-refractivity contribution < 1.29 is 4.79 Å². The Bertz CT molecular complexity index is 913. The Hall–Kier alpha value is -3.37. The highest BCUT2D eigenvalue weighted by Gasteiger charge is 2.14. The molecule has 0 saturated heterocycles. The molecule has 0 spiro atoms. The number of hydrogen-bond acceptors (Lipinski definition) is 1. The van der Waals surface area contributed by atoms with E-state index in [1.54, 1.807) is 0 Å². The summed E-state index contributed by atoms with van der Waals surface area (Å²) < 4.78 is 0. The van der Waals surface area contributed by atoms with Crippen LogP contribution in [0.3, 0.4) is 0 Å². The SMILES string of the molecule is O=C(CC(/C=C/C#Cc1ccccc1)c1ccccc1)c1ccccc1. The van der Waals surface area contributed by atoms with Crippen LogP contribution in [0.1, 0.15) is 33.8 Å². The van der Waals surface area contributed by atoms with Crippen molar-refractivity contribution in [2.75, 3.05) is 0 Å². The van der Waals surface area contributed by atoms with E-state index in [-0.39, 0.29) is 11.7 Å². The second-order valence-corrected chi connectivity index (χ2v) is 6.00. The minimum atomic E-state index is 0.00831. The molecule has 0 saturated carbocycles. The number of ketones is 1. The minimum absolute atomic E-state index is 0.00831. The van der Waals surface area contributed by atoms with E-state index < -0.39 is 0 Å². The zero-order valence-corrected chi connectivity index (χ0v) is 14.5. The van der Waals surface area contributed by atoms with Crippen LogP contribution in [-0.2, 0) is 0 Å². The molecule has 1 atom stereocenters. The highest BCUT2D eigenvalue weighted by atomic mass is 16.1. The third-order valence-corrected chi connectivity index (χ3v) is 4.13. The molecule has 0 N–H and O–H groups in total. The molecule has 0 fully saturated rings. The van der Waals surface area contributed by atoms with E-state index in [1.807, 2.05) is 91.0 Å². The zero-order valence-electron chi connectivity index (χ0n) is 14.5. The fraction of sp³-hybridized carbons (Fsp3) is 0.0800. The van der Waals surface area contributed by atoms with Crippen LogP contribution in [0.15, 0.2) is 103 Å². The van der Waals surface area contributed by atoms with Crippen molar-refractivity contribution >= 4 is 5.78 Å². The second-order valence-electron chi connectivity index (χ2n) is 6.00. The van der Waals surface area contributed by atoms with Gasteiger partial charge in [0, 0.05) is 23.5 Å². The van der Waals surface area contributed by atoms with E-state index in [1.165, 1.54) is 0 Å². The summed E-state index contributed by atoms with van der Waals surface area (Å²) in [5, 5.41) is 0. The lowest BCUT2D eigenvalue weighted by atomic mass is 9.91. The van der Waals surface area contributed by atoms with Gasteiger partial charge >= 0.3 is 0 Å². The fourth-order valence-electron chi connectivity index (χ4n) is 2.75. The normalized spacial score (nSPS) is 11.5. The molecule has 1 unspecified atom stereocenters. The lowest BCUT2D eigenvalue weighted by molar-refractivity contribution is 0.0978. The van der Waals surface area contributed by atoms with Crippen molar-refractivity contribution in [1.29, 1.82) is 0 Å². The summed E-state index contributed by atoms with van der Waals surface area (Å²) in [7, 11) is 0. The van der Waals surface area contributed by atoms with E-state index in [0.717, 1.165) is 16.7 Å². The van der Waals surface area contributed by atoms with Crippen molar-refractivity contribution in [3.05, 3.63) is 120 Å². The summed E-state index contributed by atoms with van der Waals surface area (Å²) in [5.41, 5.74) is 2.85. The topological polar surface area (TPSA) is 17.1 Å². The Morgan fingerprint density at radius 2 is 1.38 bits per heavy atom. The van der Waals surface area contributed by atoms with Gasteiger partial charge in [0.25, 0.3) is 0 Å². The average Bonchev–Trinajstić information content (AvgIpc) is 2.72. The molecule has 0 aliphatic heterocycles. The van der Waals surface area contributed by atoms with Gasteiger partial charge < -0.3 is 0 Å². The second kappa shape index (κ2) is 9.20. The third-order valence-electron chi connectivity index (χ3n) is 4.13. The van der Waals surface area contributed by atoms with Crippen molar-refractivity contribution in [2.24, 2.45) is 0 Å². The monoisotopic (exact) mass is 336 g/mol. The van der Waals surface area contributed by atoms with Gasteiger partial charge in [-0.2, -0.15) is 0 Å². The first-order chi connectivity index (χ1) is 12.8. The first-order valence-corrected chi connectivity index (χ1v) is 8.69. The predicted octanol–water partition coefficient (Wildman–Crippen LogP) is 5.65. The largest absolute Gasteiger partial charge is 0.294 e. The highest BCUT2D eigenvalue weighted by molar-refractivity contribution is 5.96.